The molecule has 1 aliphatic carbocycles. The van der Waals surface area contributed by atoms with E-state index in [-0.39, 0.29) is 22.8 Å². The van der Waals surface area contributed by atoms with Gasteiger partial charge in [0.1, 0.15) is 0 Å². The first-order valence-corrected chi connectivity index (χ1v) is 6.64. The van der Waals surface area contributed by atoms with E-state index in [2.05, 4.69) is 38.4 Å². The fraction of sp³-hybridized carbons (Fsp3) is 0.533. The van der Waals surface area contributed by atoms with Gasteiger partial charge < -0.3 is 10.7 Å². The van der Waals surface area contributed by atoms with Gasteiger partial charge in [-0.1, -0.05) is 27.7 Å². The predicted octanol–water partition coefficient (Wildman–Crippen LogP) is 2.53. The molecule has 0 unspecified atom stereocenters. The molecular formula is C15H23N3O. The van der Waals surface area contributed by atoms with Gasteiger partial charge in [0.05, 0.1) is 0 Å². The molecule has 1 saturated carbocycles. The van der Waals surface area contributed by atoms with Gasteiger partial charge >= 0.3 is 0 Å². The Morgan fingerprint density at radius 1 is 1.16 bits per heavy atom. The molecule has 1 aromatic rings. The van der Waals surface area contributed by atoms with Crippen LogP contribution < -0.4 is 16.6 Å². The van der Waals surface area contributed by atoms with Crippen molar-refractivity contribution in [1.82, 2.24) is 5.32 Å². The molecule has 0 aliphatic heterocycles. The number of carbonyl (C=O) groups excluding carboxylic acids is 1. The first kappa shape index (κ1) is 13.9. The van der Waals surface area contributed by atoms with Crippen LogP contribution >= 0.6 is 0 Å². The number of rotatable bonds is 3. The molecule has 1 aliphatic rings. The van der Waals surface area contributed by atoms with Gasteiger partial charge in [-0.2, -0.15) is 0 Å². The normalized spacial score (nSPS) is 20.5. The molecule has 4 N–H and O–H groups in total. The molecule has 0 atom stereocenters. The van der Waals surface area contributed by atoms with Gasteiger partial charge in [-0.15, -0.1) is 0 Å². The maximum atomic E-state index is 12.3. The van der Waals surface area contributed by atoms with Crippen molar-refractivity contribution in [2.45, 2.75) is 40.2 Å². The lowest BCUT2D eigenvalue weighted by atomic mass is 9.52. The van der Waals surface area contributed by atoms with E-state index in [9.17, 15) is 4.79 Å². The van der Waals surface area contributed by atoms with Crippen LogP contribution in [0.5, 0.6) is 0 Å². The minimum Gasteiger partial charge on any atom is -0.348 e. The second kappa shape index (κ2) is 4.53. The summed E-state index contributed by atoms with van der Waals surface area (Å²) in [4.78, 5) is 12.3. The first-order chi connectivity index (χ1) is 8.76. The van der Waals surface area contributed by atoms with Crippen LogP contribution in [0.25, 0.3) is 0 Å². The number of nitrogens with one attached hydrogen (secondary N) is 2. The van der Waals surface area contributed by atoms with E-state index in [4.69, 9.17) is 5.84 Å². The molecule has 19 heavy (non-hydrogen) atoms. The van der Waals surface area contributed by atoms with E-state index < -0.39 is 0 Å². The average Bonchev–Trinajstić information content (AvgIpc) is 2.34. The van der Waals surface area contributed by atoms with Crippen molar-refractivity contribution >= 4 is 11.6 Å². The molecule has 2 rings (SSSR count). The van der Waals surface area contributed by atoms with Gasteiger partial charge in [0.25, 0.3) is 5.91 Å². The number of hydrogen-bond donors (Lipinski definition) is 3. The third-order valence-corrected chi connectivity index (χ3v) is 4.06. The van der Waals surface area contributed by atoms with E-state index >= 15 is 0 Å². The molecule has 0 spiro atoms. The lowest BCUT2D eigenvalue weighted by molar-refractivity contribution is -0.0366. The summed E-state index contributed by atoms with van der Waals surface area (Å²) >= 11 is 0. The standard InChI is InChI=1S/C15H23N3O/c1-14(2)9-15(3,4)13(14)17-12(19)10-5-7-11(18-16)8-6-10/h5-8,13,18H,9,16H2,1-4H3,(H,17,19). The molecule has 1 aromatic carbocycles. The molecule has 1 fully saturated rings. The van der Waals surface area contributed by atoms with Crippen molar-refractivity contribution in [2.24, 2.45) is 16.7 Å². The smallest absolute Gasteiger partial charge is 0.251 e. The lowest BCUT2D eigenvalue weighted by Crippen LogP contribution is -2.63. The third kappa shape index (κ3) is 2.59. The molecule has 0 radical (unpaired) electrons. The number of carbonyl (C=O) groups is 1. The van der Waals surface area contributed by atoms with Crippen LogP contribution in [-0.2, 0) is 0 Å². The van der Waals surface area contributed by atoms with Crippen LogP contribution in [0.3, 0.4) is 0 Å². The minimum atomic E-state index is -0.0191. The largest absolute Gasteiger partial charge is 0.348 e. The van der Waals surface area contributed by atoms with Crippen molar-refractivity contribution in [2.75, 3.05) is 5.43 Å². The number of amides is 1. The summed E-state index contributed by atoms with van der Waals surface area (Å²) in [6.07, 6.45) is 1.13. The summed E-state index contributed by atoms with van der Waals surface area (Å²) in [7, 11) is 0. The van der Waals surface area contributed by atoms with Crippen LogP contribution in [0.4, 0.5) is 5.69 Å². The molecule has 4 nitrogen and oxygen atoms in total. The highest BCUT2D eigenvalue weighted by Gasteiger charge is 2.53. The molecule has 1 amide bonds. The van der Waals surface area contributed by atoms with Crippen LogP contribution in [0.15, 0.2) is 24.3 Å². The van der Waals surface area contributed by atoms with Gasteiger partial charge in [0.2, 0.25) is 0 Å². The third-order valence-electron chi connectivity index (χ3n) is 4.06. The molecule has 0 saturated heterocycles. The van der Waals surface area contributed by atoms with Crippen LogP contribution in [0.1, 0.15) is 44.5 Å². The Kier molecular flexibility index (Phi) is 3.31. The Morgan fingerprint density at radius 2 is 1.68 bits per heavy atom. The number of benzene rings is 1. The second-order valence-electron chi connectivity index (χ2n) is 6.78. The Hall–Kier alpha value is -1.55. The highest BCUT2D eigenvalue weighted by molar-refractivity contribution is 5.94. The number of hydrazine groups is 1. The highest BCUT2D eigenvalue weighted by Crippen LogP contribution is 2.53. The van der Waals surface area contributed by atoms with Gasteiger partial charge in [-0.25, -0.2) is 0 Å². The summed E-state index contributed by atoms with van der Waals surface area (Å²) in [5, 5.41) is 3.16. The maximum Gasteiger partial charge on any atom is 0.251 e. The van der Waals surface area contributed by atoms with Gasteiger partial charge in [0, 0.05) is 17.3 Å². The predicted molar refractivity (Wildman–Crippen MR) is 77.7 cm³/mol. The topological polar surface area (TPSA) is 67.2 Å². The number of nitrogen functional groups attached to an aromatic ring is 1. The van der Waals surface area contributed by atoms with Crippen molar-refractivity contribution in [3.05, 3.63) is 29.8 Å². The van der Waals surface area contributed by atoms with Gasteiger partial charge in [0.15, 0.2) is 0 Å². The van der Waals surface area contributed by atoms with Crippen LogP contribution in [-0.4, -0.2) is 11.9 Å². The lowest BCUT2D eigenvalue weighted by Gasteiger charge is -2.57. The summed E-state index contributed by atoms with van der Waals surface area (Å²) in [5.74, 6) is 5.29. The molecule has 4 heteroatoms. The minimum absolute atomic E-state index is 0.0191. The summed E-state index contributed by atoms with van der Waals surface area (Å²) in [6, 6.07) is 7.37. The molecule has 0 aromatic heterocycles. The second-order valence-corrected chi connectivity index (χ2v) is 6.78. The molecule has 104 valence electrons. The summed E-state index contributed by atoms with van der Waals surface area (Å²) in [6.45, 7) is 8.80. The fourth-order valence-electron chi connectivity index (χ4n) is 3.63. The molecule has 0 bridgehead atoms. The van der Waals surface area contributed by atoms with Gasteiger partial charge in [-0.3, -0.25) is 10.6 Å². The average molecular weight is 261 g/mol. The van der Waals surface area contributed by atoms with E-state index in [1.807, 2.05) is 0 Å². The van der Waals surface area contributed by atoms with Crippen molar-refractivity contribution in [1.29, 1.82) is 0 Å². The quantitative estimate of drug-likeness (QED) is 0.578. The molecular weight excluding hydrogens is 238 g/mol. The zero-order valence-corrected chi connectivity index (χ0v) is 12.1. The fourth-order valence-corrected chi connectivity index (χ4v) is 3.63. The monoisotopic (exact) mass is 261 g/mol. The zero-order chi connectivity index (χ0) is 14.3. The number of anilines is 1. The van der Waals surface area contributed by atoms with E-state index in [0.29, 0.717) is 5.56 Å². The Labute approximate surface area is 114 Å². The number of nitrogens with two attached hydrogens (primary N) is 1. The highest BCUT2D eigenvalue weighted by atomic mass is 16.1. The number of hydrogen-bond acceptors (Lipinski definition) is 3. The molecule has 0 heterocycles. The SMILES string of the molecule is CC1(C)CC(C)(C)C1NC(=O)c1ccc(NN)cc1. The Balaban J connectivity index is 2.08. The van der Waals surface area contributed by atoms with Crippen molar-refractivity contribution < 1.29 is 4.79 Å². The summed E-state index contributed by atoms with van der Waals surface area (Å²) in [5.41, 5.74) is 4.34. The van der Waals surface area contributed by atoms with Crippen LogP contribution in [0.2, 0.25) is 0 Å². The maximum absolute atomic E-state index is 12.3. The van der Waals surface area contributed by atoms with Crippen molar-refractivity contribution in [3.63, 3.8) is 0 Å². The Bertz CT molecular complexity index is 463. The summed E-state index contributed by atoms with van der Waals surface area (Å²) < 4.78 is 0. The van der Waals surface area contributed by atoms with E-state index in [0.717, 1.165) is 12.1 Å². The van der Waals surface area contributed by atoms with Gasteiger partial charge in [-0.05, 0) is 41.5 Å². The van der Waals surface area contributed by atoms with E-state index in [1.165, 1.54) is 0 Å². The van der Waals surface area contributed by atoms with Crippen molar-refractivity contribution in [3.8, 4) is 0 Å². The Morgan fingerprint density at radius 3 is 2.11 bits per heavy atom. The first-order valence-electron chi connectivity index (χ1n) is 6.64. The van der Waals surface area contributed by atoms with Crippen LogP contribution in [0, 0.1) is 10.8 Å². The van der Waals surface area contributed by atoms with E-state index in [1.54, 1.807) is 24.3 Å². The zero-order valence-electron chi connectivity index (χ0n) is 12.1.